The lowest BCUT2D eigenvalue weighted by Gasteiger charge is -2.10. The molecule has 1 aromatic carbocycles. The van der Waals surface area contributed by atoms with Crippen LogP contribution in [0.2, 0.25) is 0 Å². The van der Waals surface area contributed by atoms with Crippen molar-refractivity contribution < 1.29 is 13.2 Å². The summed E-state index contributed by atoms with van der Waals surface area (Å²) in [6.45, 7) is 0.547. The van der Waals surface area contributed by atoms with Crippen LogP contribution in [0.15, 0.2) is 23.1 Å². The van der Waals surface area contributed by atoms with Crippen molar-refractivity contribution >= 4 is 27.1 Å². The molecule has 100 valence electrons. The predicted molar refractivity (Wildman–Crippen MR) is 70.9 cm³/mol. The predicted octanol–water partition coefficient (Wildman–Crippen LogP) is 0.350. The smallest absolute Gasteiger partial charge is 0.217 e. The Morgan fingerprint density at radius 1 is 1.39 bits per heavy atom. The zero-order valence-electron chi connectivity index (χ0n) is 10.1. The summed E-state index contributed by atoms with van der Waals surface area (Å²) in [4.78, 5) is 10.7. The first-order valence-corrected chi connectivity index (χ1v) is 7.31. The quantitative estimate of drug-likeness (QED) is 0.510. The highest BCUT2D eigenvalue weighted by Crippen LogP contribution is 2.22. The van der Waals surface area contributed by atoms with Gasteiger partial charge in [0.05, 0.1) is 16.3 Å². The average molecular weight is 271 g/mol. The number of primary amides is 1. The second-order valence-corrected chi connectivity index (χ2v) is 6.03. The van der Waals surface area contributed by atoms with E-state index in [1.807, 2.05) is 0 Å². The average Bonchev–Trinajstić information content (AvgIpc) is 2.24. The van der Waals surface area contributed by atoms with Crippen LogP contribution in [0.5, 0.6) is 0 Å². The number of anilines is 2. The summed E-state index contributed by atoms with van der Waals surface area (Å²) in [5, 5.41) is 3.02. The molecule has 1 rings (SSSR count). The maximum absolute atomic E-state index is 11.3. The SMILES string of the molecule is CS(=O)(=O)c1ccc(NCCCC(N)=O)c(N)c1. The molecule has 0 aliphatic heterocycles. The van der Waals surface area contributed by atoms with E-state index in [9.17, 15) is 13.2 Å². The first kappa shape index (κ1) is 14.3. The van der Waals surface area contributed by atoms with Crippen LogP contribution < -0.4 is 16.8 Å². The van der Waals surface area contributed by atoms with Crippen molar-refractivity contribution in [2.75, 3.05) is 23.9 Å². The Kier molecular flexibility index (Phi) is 4.55. The van der Waals surface area contributed by atoms with Crippen LogP contribution in [0.3, 0.4) is 0 Å². The first-order chi connectivity index (χ1) is 8.30. The van der Waals surface area contributed by atoms with E-state index in [1.165, 1.54) is 12.1 Å². The molecule has 0 aliphatic carbocycles. The van der Waals surface area contributed by atoms with Crippen LogP contribution >= 0.6 is 0 Å². The van der Waals surface area contributed by atoms with Gasteiger partial charge < -0.3 is 16.8 Å². The molecule has 5 N–H and O–H groups in total. The molecule has 6 nitrogen and oxygen atoms in total. The summed E-state index contributed by atoms with van der Waals surface area (Å²) in [5.41, 5.74) is 11.8. The number of nitrogen functional groups attached to an aromatic ring is 1. The monoisotopic (exact) mass is 271 g/mol. The van der Waals surface area contributed by atoms with Gasteiger partial charge in [-0.2, -0.15) is 0 Å². The van der Waals surface area contributed by atoms with Gasteiger partial charge in [0.1, 0.15) is 0 Å². The molecule has 0 spiro atoms. The third kappa shape index (κ3) is 4.25. The van der Waals surface area contributed by atoms with Crippen molar-refractivity contribution in [2.24, 2.45) is 5.73 Å². The summed E-state index contributed by atoms with van der Waals surface area (Å²) in [6.07, 6.45) is 2.03. The maximum Gasteiger partial charge on any atom is 0.217 e. The Balaban J connectivity index is 2.66. The molecule has 1 aromatic rings. The fourth-order valence-corrected chi connectivity index (χ4v) is 2.07. The molecular weight excluding hydrogens is 254 g/mol. The van der Waals surface area contributed by atoms with Gasteiger partial charge in [-0.25, -0.2) is 8.42 Å². The van der Waals surface area contributed by atoms with E-state index in [0.717, 1.165) is 6.26 Å². The van der Waals surface area contributed by atoms with Crippen molar-refractivity contribution in [3.05, 3.63) is 18.2 Å². The molecule has 0 aliphatic rings. The van der Waals surface area contributed by atoms with Crippen molar-refractivity contribution in [1.29, 1.82) is 0 Å². The normalized spacial score (nSPS) is 11.2. The second kappa shape index (κ2) is 5.72. The molecule has 0 bridgehead atoms. The van der Waals surface area contributed by atoms with E-state index < -0.39 is 9.84 Å². The molecule has 0 unspecified atom stereocenters. The van der Waals surface area contributed by atoms with Crippen molar-refractivity contribution in [2.45, 2.75) is 17.7 Å². The molecule has 0 heterocycles. The van der Waals surface area contributed by atoms with Gasteiger partial charge in [0.2, 0.25) is 5.91 Å². The van der Waals surface area contributed by atoms with E-state index in [1.54, 1.807) is 6.07 Å². The van der Waals surface area contributed by atoms with E-state index in [4.69, 9.17) is 11.5 Å². The summed E-state index contributed by atoms with van der Waals surface area (Å²) >= 11 is 0. The Hall–Kier alpha value is -1.76. The third-order valence-corrected chi connectivity index (χ3v) is 3.48. The van der Waals surface area contributed by atoms with Gasteiger partial charge in [-0.3, -0.25) is 4.79 Å². The number of nitrogens with one attached hydrogen (secondary N) is 1. The minimum Gasteiger partial charge on any atom is -0.397 e. The Morgan fingerprint density at radius 2 is 2.06 bits per heavy atom. The zero-order valence-corrected chi connectivity index (χ0v) is 11.0. The summed E-state index contributed by atoms with van der Waals surface area (Å²) in [5.74, 6) is -0.350. The molecular formula is C11H17N3O3S. The molecule has 0 radical (unpaired) electrons. The highest BCUT2D eigenvalue weighted by Gasteiger charge is 2.09. The van der Waals surface area contributed by atoms with Gasteiger partial charge >= 0.3 is 0 Å². The van der Waals surface area contributed by atoms with Crippen molar-refractivity contribution in [1.82, 2.24) is 0 Å². The fourth-order valence-electron chi connectivity index (χ4n) is 1.42. The minimum absolute atomic E-state index is 0.183. The van der Waals surface area contributed by atoms with E-state index >= 15 is 0 Å². The number of hydrogen-bond acceptors (Lipinski definition) is 5. The molecule has 0 saturated heterocycles. The lowest BCUT2D eigenvalue weighted by Crippen LogP contribution is -2.13. The van der Waals surface area contributed by atoms with E-state index in [-0.39, 0.29) is 10.8 Å². The lowest BCUT2D eigenvalue weighted by atomic mass is 10.2. The number of nitrogens with two attached hydrogens (primary N) is 2. The Bertz CT molecular complexity index is 540. The van der Waals surface area contributed by atoms with Crippen molar-refractivity contribution in [3.8, 4) is 0 Å². The largest absolute Gasteiger partial charge is 0.397 e. The Labute approximate surface area is 106 Å². The molecule has 0 aromatic heterocycles. The van der Waals surface area contributed by atoms with Gasteiger partial charge in [-0.15, -0.1) is 0 Å². The van der Waals surface area contributed by atoms with E-state index in [0.29, 0.717) is 30.8 Å². The number of hydrogen-bond donors (Lipinski definition) is 3. The minimum atomic E-state index is -3.25. The van der Waals surface area contributed by atoms with Gasteiger partial charge in [0.15, 0.2) is 9.84 Å². The topological polar surface area (TPSA) is 115 Å². The molecule has 1 amide bonds. The molecule has 0 atom stereocenters. The first-order valence-electron chi connectivity index (χ1n) is 5.42. The number of benzene rings is 1. The van der Waals surface area contributed by atoms with Crippen LogP contribution in [0.25, 0.3) is 0 Å². The molecule has 18 heavy (non-hydrogen) atoms. The number of rotatable bonds is 6. The number of carbonyl (C=O) groups is 1. The second-order valence-electron chi connectivity index (χ2n) is 4.02. The summed E-state index contributed by atoms with van der Waals surface area (Å²) in [7, 11) is -3.25. The maximum atomic E-state index is 11.3. The number of amides is 1. The highest BCUT2D eigenvalue weighted by molar-refractivity contribution is 7.90. The molecule has 0 fully saturated rings. The van der Waals surface area contributed by atoms with Crippen molar-refractivity contribution in [3.63, 3.8) is 0 Å². The van der Waals surface area contributed by atoms with Crippen LogP contribution in [-0.4, -0.2) is 27.1 Å². The van der Waals surface area contributed by atoms with Crippen LogP contribution in [-0.2, 0) is 14.6 Å². The van der Waals surface area contributed by atoms with Crippen LogP contribution in [0.4, 0.5) is 11.4 Å². The summed E-state index contributed by atoms with van der Waals surface area (Å²) < 4.78 is 22.6. The lowest BCUT2D eigenvalue weighted by molar-refractivity contribution is -0.118. The van der Waals surface area contributed by atoms with Crippen LogP contribution in [0, 0.1) is 0 Å². The fraction of sp³-hybridized carbons (Fsp3) is 0.364. The third-order valence-electron chi connectivity index (χ3n) is 2.37. The van der Waals surface area contributed by atoms with E-state index in [2.05, 4.69) is 5.32 Å². The van der Waals surface area contributed by atoms with Crippen LogP contribution in [0.1, 0.15) is 12.8 Å². The zero-order chi connectivity index (χ0) is 13.8. The molecule has 0 saturated carbocycles. The van der Waals surface area contributed by atoms with Gasteiger partial charge in [0.25, 0.3) is 0 Å². The van der Waals surface area contributed by atoms with Gasteiger partial charge in [0, 0.05) is 19.2 Å². The highest BCUT2D eigenvalue weighted by atomic mass is 32.2. The summed E-state index contributed by atoms with van der Waals surface area (Å²) in [6, 6.07) is 4.50. The number of sulfone groups is 1. The Morgan fingerprint density at radius 3 is 2.56 bits per heavy atom. The number of carbonyl (C=O) groups excluding carboxylic acids is 1. The van der Waals surface area contributed by atoms with Gasteiger partial charge in [-0.05, 0) is 24.6 Å². The standard InChI is InChI=1S/C11H17N3O3S/c1-18(16,17)8-4-5-10(9(12)7-8)14-6-2-3-11(13)15/h4-5,7,14H,2-3,6,12H2,1H3,(H2,13,15). The molecule has 7 heteroatoms. The van der Waals surface area contributed by atoms with Gasteiger partial charge in [-0.1, -0.05) is 0 Å².